The smallest absolute Gasteiger partial charge is 0.255 e. The van der Waals surface area contributed by atoms with Crippen molar-refractivity contribution in [1.29, 1.82) is 0 Å². The number of ether oxygens (including phenoxy) is 1. The molecule has 42 heavy (non-hydrogen) atoms. The van der Waals surface area contributed by atoms with Gasteiger partial charge in [0.15, 0.2) is 0 Å². The van der Waals surface area contributed by atoms with Crippen molar-refractivity contribution in [2.45, 2.75) is 108 Å². The second-order valence-electron chi connectivity index (χ2n) is 14.4. The topological polar surface area (TPSA) is 104 Å². The van der Waals surface area contributed by atoms with E-state index in [2.05, 4.69) is 70.3 Å². The van der Waals surface area contributed by atoms with Crippen molar-refractivity contribution >= 4 is 17.5 Å². The number of hydrazine groups is 1. The zero-order valence-corrected chi connectivity index (χ0v) is 25.8. The summed E-state index contributed by atoms with van der Waals surface area (Å²) in [4.78, 5) is 31.6. The highest BCUT2D eigenvalue weighted by atomic mass is 16.5. The lowest BCUT2D eigenvalue weighted by atomic mass is 9.78. The summed E-state index contributed by atoms with van der Waals surface area (Å²) in [6.07, 6.45) is 3.84. The van der Waals surface area contributed by atoms with E-state index in [1.807, 2.05) is 23.8 Å². The molecule has 5 fully saturated rings. The Morgan fingerprint density at radius 1 is 1.00 bits per heavy atom. The van der Waals surface area contributed by atoms with Gasteiger partial charge in [-0.25, -0.2) is 0 Å². The number of fused-ring (bicyclic) bond motifs is 6. The van der Waals surface area contributed by atoms with E-state index in [0.29, 0.717) is 19.6 Å². The highest BCUT2D eigenvalue weighted by Crippen LogP contribution is 2.38. The Hall–Kier alpha value is -2.28. The molecule has 6 aliphatic rings. The van der Waals surface area contributed by atoms with Crippen molar-refractivity contribution < 1.29 is 14.3 Å². The first kappa shape index (κ1) is 28.5. The molecule has 1 aromatic rings. The van der Waals surface area contributed by atoms with Crippen LogP contribution in [-0.2, 0) is 26.3 Å². The summed E-state index contributed by atoms with van der Waals surface area (Å²) in [6, 6.07) is 6.73. The van der Waals surface area contributed by atoms with Crippen LogP contribution in [0.5, 0.6) is 0 Å². The molecule has 6 heterocycles. The van der Waals surface area contributed by atoms with Gasteiger partial charge in [0.1, 0.15) is 18.1 Å². The zero-order chi connectivity index (χ0) is 29.4. The number of carbonyl (C=O) groups is 2. The number of hydrogen-bond acceptors (Lipinski definition) is 9. The van der Waals surface area contributed by atoms with Gasteiger partial charge in [-0.15, -0.1) is 0 Å². The van der Waals surface area contributed by atoms with Gasteiger partial charge < -0.3 is 19.9 Å². The van der Waals surface area contributed by atoms with Gasteiger partial charge in [-0.3, -0.25) is 30.5 Å². The molecule has 2 bridgehead atoms. The number of amides is 2. The third-order valence-electron chi connectivity index (χ3n) is 10.2. The predicted molar refractivity (Wildman–Crippen MR) is 160 cm³/mol. The third-order valence-corrected chi connectivity index (χ3v) is 10.2. The second kappa shape index (κ2) is 10.4. The lowest BCUT2D eigenvalue weighted by Gasteiger charge is -2.53. The van der Waals surface area contributed by atoms with Crippen LogP contribution in [0.25, 0.3) is 0 Å². The first-order chi connectivity index (χ1) is 20.0. The molecule has 0 aromatic heterocycles. The molecule has 230 valence electrons. The van der Waals surface area contributed by atoms with Crippen LogP contribution in [0, 0.1) is 5.92 Å². The van der Waals surface area contributed by atoms with Gasteiger partial charge in [0.2, 0.25) is 5.91 Å². The van der Waals surface area contributed by atoms with Gasteiger partial charge in [0.05, 0.1) is 24.4 Å². The number of benzene rings is 1. The van der Waals surface area contributed by atoms with E-state index >= 15 is 0 Å². The van der Waals surface area contributed by atoms with Crippen molar-refractivity contribution in [2.24, 2.45) is 5.92 Å². The lowest BCUT2D eigenvalue weighted by Crippen LogP contribution is -2.74. The molecule has 11 nitrogen and oxygen atoms in total. The van der Waals surface area contributed by atoms with Gasteiger partial charge >= 0.3 is 0 Å². The third kappa shape index (κ3) is 4.82. The summed E-state index contributed by atoms with van der Waals surface area (Å²) in [5.41, 5.74) is 3.15. The molecule has 5 saturated heterocycles. The number of likely N-dealkylation sites (N-methyl/N-ethyl adjacent to an activating group) is 1. The normalized spacial score (nSPS) is 36.5. The molecule has 11 heteroatoms. The molecule has 6 aliphatic heterocycles. The van der Waals surface area contributed by atoms with Gasteiger partial charge in [0.25, 0.3) is 5.91 Å². The zero-order valence-electron chi connectivity index (χ0n) is 25.8. The number of morpholine rings is 1. The molecule has 0 saturated carbocycles. The Morgan fingerprint density at radius 2 is 1.81 bits per heavy atom. The maximum absolute atomic E-state index is 13.8. The number of nitrogens with one attached hydrogen (secondary N) is 4. The van der Waals surface area contributed by atoms with E-state index in [9.17, 15) is 9.59 Å². The van der Waals surface area contributed by atoms with Gasteiger partial charge in [-0.1, -0.05) is 19.9 Å². The SMILES string of the molecule is CN1Cc2cc(NC3NCC4C(=O)N5CCCCCN6C(=O)C(C)(C)OC7CCC(NC76)N5C4N3)ccc2C(C)(C)C1. The van der Waals surface area contributed by atoms with Crippen LogP contribution in [0.4, 0.5) is 5.69 Å². The highest BCUT2D eigenvalue weighted by Gasteiger charge is 2.55. The first-order valence-corrected chi connectivity index (χ1v) is 15.9. The standard InChI is InChI=1S/C31H48N8O3/c1-30(2)18-36(5)17-19-15-20(9-10-22(19)30)33-29-32-16-21-25(35-29)39-24-12-11-23-26(34-24)37(28(41)31(3,4)42-23)13-7-6-8-14-38(39)27(21)40/h9-10,15,21,23-26,29,32-35H,6-8,11-14,16-18H2,1-5H3. The van der Waals surface area contributed by atoms with Gasteiger partial charge in [-0.05, 0) is 76.3 Å². The van der Waals surface area contributed by atoms with Crippen LogP contribution in [0.3, 0.4) is 0 Å². The Morgan fingerprint density at radius 3 is 2.64 bits per heavy atom. The molecule has 4 N–H and O–H groups in total. The molecule has 6 unspecified atom stereocenters. The Balaban J connectivity index is 1.12. The summed E-state index contributed by atoms with van der Waals surface area (Å²) in [5, 5.41) is 19.0. The van der Waals surface area contributed by atoms with Crippen molar-refractivity contribution in [3.63, 3.8) is 0 Å². The summed E-state index contributed by atoms with van der Waals surface area (Å²) in [7, 11) is 2.19. The fourth-order valence-corrected chi connectivity index (χ4v) is 8.42. The fraction of sp³-hybridized carbons (Fsp3) is 0.742. The van der Waals surface area contributed by atoms with E-state index in [-0.39, 0.29) is 54.0 Å². The summed E-state index contributed by atoms with van der Waals surface area (Å²) < 4.78 is 6.33. The van der Waals surface area contributed by atoms with E-state index in [4.69, 9.17) is 4.74 Å². The number of hydrogen-bond donors (Lipinski definition) is 4. The maximum Gasteiger partial charge on any atom is 0.255 e. The van der Waals surface area contributed by atoms with Crippen LogP contribution >= 0.6 is 0 Å². The monoisotopic (exact) mass is 580 g/mol. The Labute approximate surface area is 249 Å². The van der Waals surface area contributed by atoms with Crippen molar-refractivity contribution in [3.05, 3.63) is 29.3 Å². The van der Waals surface area contributed by atoms with Gasteiger partial charge in [0, 0.05) is 43.8 Å². The number of nitrogens with zero attached hydrogens (tertiary/aromatic N) is 4. The number of anilines is 1. The average Bonchev–Trinajstić information content (AvgIpc) is 3.18. The second-order valence-corrected chi connectivity index (χ2v) is 14.4. The number of carbonyl (C=O) groups excluding carboxylic acids is 2. The van der Waals surface area contributed by atoms with Crippen molar-refractivity contribution in [3.8, 4) is 0 Å². The van der Waals surface area contributed by atoms with E-state index in [1.165, 1.54) is 11.1 Å². The minimum atomic E-state index is -0.812. The van der Waals surface area contributed by atoms with Crippen molar-refractivity contribution in [2.75, 3.05) is 38.5 Å². The molecule has 1 aromatic carbocycles. The molecule has 0 spiro atoms. The first-order valence-electron chi connectivity index (χ1n) is 15.9. The number of piperidine rings is 1. The molecule has 6 atom stereocenters. The maximum atomic E-state index is 13.8. The van der Waals surface area contributed by atoms with E-state index < -0.39 is 5.60 Å². The minimum Gasteiger partial charge on any atom is -0.359 e. The summed E-state index contributed by atoms with van der Waals surface area (Å²) in [6.45, 7) is 12.4. The Bertz CT molecular complexity index is 1240. The van der Waals surface area contributed by atoms with Gasteiger partial charge in [-0.2, -0.15) is 5.01 Å². The van der Waals surface area contributed by atoms with E-state index in [1.54, 1.807) is 0 Å². The summed E-state index contributed by atoms with van der Waals surface area (Å²) in [5.74, 6) is 0.0460. The predicted octanol–water partition coefficient (Wildman–Crippen LogP) is 1.52. The largest absolute Gasteiger partial charge is 0.359 e. The van der Waals surface area contributed by atoms with Crippen molar-refractivity contribution in [1.82, 2.24) is 35.8 Å². The average molecular weight is 581 g/mol. The molecular formula is C31H48N8O3. The quantitative estimate of drug-likeness (QED) is 0.415. The molecule has 0 radical (unpaired) electrons. The molecule has 0 aliphatic carbocycles. The highest BCUT2D eigenvalue weighted by molar-refractivity contribution is 5.85. The van der Waals surface area contributed by atoms with Crippen LogP contribution in [0.1, 0.15) is 70.9 Å². The number of rotatable bonds is 2. The van der Waals surface area contributed by atoms with Crippen LogP contribution in [0.2, 0.25) is 0 Å². The summed E-state index contributed by atoms with van der Waals surface area (Å²) >= 11 is 0. The van der Waals surface area contributed by atoms with Crippen LogP contribution in [-0.4, -0.2) is 101 Å². The Kier molecular flexibility index (Phi) is 7.07. The van der Waals surface area contributed by atoms with Crippen LogP contribution < -0.4 is 21.3 Å². The molecular weight excluding hydrogens is 532 g/mol. The van der Waals surface area contributed by atoms with Crippen LogP contribution in [0.15, 0.2) is 18.2 Å². The molecule has 7 rings (SSSR count). The fourth-order valence-electron chi connectivity index (χ4n) is 8.42. The lowest BCUT2D eigenvalue weighted by molar-refractivity contribution is -0.209. The molecule has 2 amide bonds. The van der Waals surface area contributed by atoms with E-state index in [0.717, 1.165) is 50.9 Å². The minimum absolute atomic E-state index is 0.0484.